The van der Waals surface area contributed by atoms with Gasteiger partial charge < -0.3 is 9.47 Å². The summed E-state index contributed by atoms with van der Waals surface area (Å²) in [6.07, 6.45) is 3.30. The molecule has 0 aliphatic rings. The van der Waals surface area contributed by atoms with E-state index in [4.69, 9.17) is 9.47 Å². The van der Waals surface area contributed by atoms with Crippen LogP contribution in [-0.2, 0) is 0 Å². The van der Waals surface area contributed by atoms with Crippen LogP contribution in [-0.4, -0.2) is 17.1 Å². The second-order valence-corrected chi connectivity index (χ2v) is 3.79. The molecule has 82 valence electrons. The summed E-state index contributed by atoms with van der Waals surface area (Å²) in [5.41, 5.74) is 0. The topological polar surface area (TPSA) is 44.2 Å². The zero-order chi connectivity index (χ0) is 11.4. The Morgan fingerprint density at radius 2 is 2.12 bits per heavy atom. The maximum absolute atomic E-state index is 5.50. The van der Waals surface area contributed by atoms with Gasteiger partial charge in [-0.15, -0.1) is 0 Å². The number of aromatic nitrogens is 2. The van der Waals surface area contributed by atoms with Gasteiger partial charge in [-0.2, -0.15) is 4.98 Å². The molecule has 0 aliphatic carbocycles. The zero-order valence-corrected chi connectivity index (χ0v) is 10.1. The van der Waals surface area contributed by atoms with Crippen LogP contribution in [0.15, 0.2) is 41.1 Å². The average molecular weight is 281 g/mol. The second-order valence-electron chi connectivity index (χ2n) is 2.93. The molecule has 2 heterocycles. The van der Waals surface area contributed by atoms with Gasteiger partial charge in [0.25, 0.3) is 0 Å². The first kappa shape index (κ1) is 10.9. The minimum Gasteiger partial charge on any atom is -0.480 e. The van der Waals surface area contributed by atoms with Gasteiger partial charge in [-0.1, -0.05) is 0 Å². The maximum atomic E-state index is 5.50. The van der Waals surface area contributed by atoms with E-state index < -0.39 is 0 Å². The monoisotopic (exact) mass is 280 g/mol. The molecule has 0 aromatic carbocycles. The molecule has 0 atom stereocenters. The highest BCUT2D eigenvalue weighted by atomic mass is 79.9. The zero-order valence-electron chi connectivity index (χ0n) is 8.55. The maximum Gasteiger partial charge on any atom is 0.231 e. The summed E-state index contributed by atoms with van der Waals surface area (Å²) < 4.78 is 11.4. The Kier molecular flexibility index (Phi) is 3.36. The van der Waals surface area contributed by atoms with Crippen molar-refractivity contribution in [2.45, 2.75) is 0 Å². The lowest BCUT2D eigenvalue weighted by Gasteiger charge is -2.06. The number of hydrogen-bond acceptors (Lipinski definition) is 4. The average Bonchev–Trinajstić information content (AvgIpc) is 2.33. The normalized spacial score (nSPS) is 9.88. The molecule has 0 fully saturated rings. The third-order valence-corrected chi connectivity index (χ3v) is 2.44. The molecular weight excluding hydrogens is 272 g/mol. The Morgan fingerprint density at radius 1 is 1.25 bits per heavy atom. The minimum absolute atomic E-state index is 0.466. The molecule has 0 saturated carbocycles. The number of rotatable bonds is 3. The van der Waals surface area contributed by atoms with Gasteiger partial charge in [0.05, 0.1) is 17.8 Å². The van der Waals surface area contributed by atoms with Crippen molar-refractivity contribution in [2.24, 2.45) is 0 Å². The molecule has 0 amide bonds. The molecule has 2 aromatic heterocycles. The molecule has 0 bridgehead atoms. The van der Waals surface area contributed by atoms with E-state index in [9.17, 15) is 0 Å². The van der Waals surface area contributed by atoms with Gasteiger partial charge in [0.2, 0.25) is 11.8 Å². The lowest BCUT2D eigenvalue weighted by molar-refractivity contribution is 0.380. The highest BCUT2D eigenvalue weighted by Crippen LogP contribution is 2.27. The van der Waals surface area contributed by atoms with E-state index in [1.54, 1.807) is 31.6 Å². The number of nitrogens with zero attached hydrogens (tertiary/aromatic N) is 2. The van der Waals surface area contributed by atoms with Gasteiger partial charge in [0.1, 0.15) is 5.75 Å². The Bertz CT molecular complexity index is 477. The molecule has 0 N–H and O–H groups in total. The Balaban J connectivity index is 2.22. The van der Waals surface area contributed by atoms with Crippen LogP contribution in [0.1, 0.15) is 0 Å². The van der Waals surface area contributed by atoms with Crippen LogP contribution in [0.4, 0.5) is 0 Å². The van der Waals surface area contributed by atoms with Gasteiger partial charge in [-0.25, -0.2) is 0 Å². The van der Waals surface area contributed by atoms with Gasteiger partial charge in [0.15, 0.2) is 0 Å². The lowest BCUT2D eigenvalue weighted by Crippen LogP contribution is -1.92. The summed E-state index contributed by atoms with van der Waals surface area (Å²) in [7, 11) is 1.56. The van der Waals surface area contributed by atoms with Crippen LogP contribution in [0.2, 0.25) is 0 Å². The summed E-state index contributed by atoms with van der Waals surface area (Å²) in [6.45, 7) is 0. The summed E-state index contributed by atoms with van der Waals surface area (Å²) in [5, 5.41) is 0. The molecule has 2 aromatic rings. The van der Waals surface area contributed by atoms with Crippen LogP contribution >= 0.6 is 15.9 Å². The first-order chi connectivity index (χ1) is 7.79. The fourth-order valence-corrected chi connectivity index (χ4v) is 1.52. The number of methoxy groups -OCH3 is 1. The molecule has 0 unspecified atom stereocenters. The summed E-state index contributed by atoms with van der Waals surface area (Å²) in [6, 6.07) is 7.17. The fourth-order valence-electron chi connectivity index (χ4n) is 1.13. The van der Waals surface area contributed by atoms with E-state index in [0.29, 0.717) is 17.5 Å². The quantitative estimate of drug-likeness (QED) is 0.867. The highest BCUT2D eigenvalue weighted by molar-refractivity contribution is 9.10. The van der Waals surface area contributed by atoms with E-state index in [2.05, 4.69) is 25.9 Å². The van der Waals surface area contributed by atoms with Crippen molar-refractivity contribution in [1.29, 1.82) is 0 Å². The van der Waals surface area contributed by atoms with Gasteiger partial charge in [-0.05, 0) is 34.1 Å². The van der Waals surface area contributed by atoms with E-state index in [0.717, 1.165) is 4.47 Å². The minimum atomic E-state index is 0.466. The third kappa shape index (κ3) is 2.49. The van der Waals surface area contributed by atoms with Crippen LogP contribution in [0, 0.1) is 0 Å². The first-order valence-corrected chi connectivity index (χ1v) is 5.37. The summed E-state index contributed by atoms with van der Waals surface area (Å²) >= 11 is 3.32. The van der Waals surface area contributed by atoms with Crippen LogP contribution in [0.5, 0.6) is 17.5 Å². The lowest BCUT2D eigenvalue weighted by atomic mass is 10.4. The molecule has 0 saturated heterocycles. The van der Waals surface area contributed by atoms with Crippen molar-refractivity contribution < 1.29 is 9.47 Å². The van der Waals surface area contributed by atoms with Gasteiger partial charge in [0, 0.05) is 12.3 Å². The van der Waals surface area contributed by atoms with Crippen LogP contribution in [0.3, 0.4) is 0 Å². The molecule has 16 heavy (non-hydrogen) atoms. The Morgan fingerprint density at radius 3 is 2.81 bits per heavy atom. The SMILES string of the molecule is COc1nc(Oc2cccnc2)ccc1Br. The Hall–Kier alpha value is -1.62. The highest BCUT2D eigenvalue weighted by Gasteiger charge is 2.04. The number of hydrogen-bond donors (Lipinski definition) is 0. The number of pyridine rings is 2. The summed E-state index contributed by atoms with van der Waals surface area (Å²) in [5.74, 6) is 1.59. The van der Waals surface area contributed by atoms with Crippen LogP contribution in [0.25, 0.3) is 0 Å². The van der Waals surface area contributed by atoms with E-state index >= 15 is 0 Å². The van der Waals surface area contributed by atoms with E-state index in [1.165, 1.54) is 0 Å². The third-order valence-electron chi connectivity index (χ3n) is 1.84. The van der Waals surface area contributed by atoms with Gasteiger partial charge >= 0.3 is 0 Å². The van der Waals surface area contributed by atoms with Crippen molar-refractivity contribution in [3.8, 4) is 17.5 Å². The smallest absolute Gasteiger partial charge is 0.231 e. The van der Waals surface area contributed by atoms with Crippen LogP contribution < -0.4 is 9.47 Å². The van der Waals surface area contributed by atoms with Gasteiger partial charge in [-0.3, -0.25) is 4.98 Å². The van der Waals surface area contributed by atoms with Crippen molar-refractivity contribution in [2.75, 3.05) is 7.11 Å². The predicted octanol–water partition coefficient (Wildman–Crippen LogP) is 3.04. The molecular formula is C11H9BrN2O2. The standard InChI is InChI=1S/C11H9BrN2O2/c1-15-11-9(12)4-5-10(14-11)16-8-3-2-6-13-7-8/h2-7H,1H3. The molecule has 0 spiro atoms. The second kappa shape index (κ2) is 4.94. The van der Waals surface area contributed by atoms with Crippen molar-refractivity contribution in [3.05, 3.63) is 41.1 Å². The van der Waals surface area contributed by atoms with Crippen molar-refractivity contribution in [3.63, 3.8) is 0 Å². The molecule has 5 heteroatoms. The number of ether oxygens (including phenoxy) is 2. The molecule has 0 aliphatic heterocycles. The summed E-state index contributed by atoms with van der Waals surface area (Å²) in [4.78, 5) is 8.11. The molecule has 2 rings (SSSR count). The van der Waals surface area contributed by atoms with E-state index in [1.807, 2.05) is 12.1 Å². The number of halogens is 1. The molecule has 4 nitrogen and oxygen atoms in total. The van der Waals surface area contributed by atoms with E-state index in [-0.39, 0.29) is 0 Å². The Labute approximate surface area is 101 Å². The predicted molar refractivity (Wildman–Crippen MR) is 62.8 cm³/mol. The fraction of sp³-hybridized carbons (Fsp3) is 0.0909. The first-order valence-electron chi connectivity index (χ1n) is 4.58. The molecule has 0 radical (unpaired) electrons. The van der Waals surface area contributed by atoms with Crippen molar-refractivity contribution >= 4 is 15.9 Å². The largest absolute Gasteiger partial charge is 0.480 e. The van der Waals surface area contributed by atoms with Crippen molar-refractivity contribution in [1.82, 2.24) is 9.97 Å².